The molecule has 0 atom stereocenters. The zero-order valence-electron chi connectivity index (χ0n) is 24.2. The van der Waals surface area contributed by atoms with Gasteiger partial charge in [-0.3, -0.25) is 0 Å². The number of benzene rings is 3. The van der Waals surface area contributed by atoms with Crippen LogP contribution in [0.1, 0.15) is 12.0 Å². The van der Waals surface area contributed by atoms with E-state index in [-0.39, 0.29) is 4.90 Å². The van der Waals surface area contributed by atoms with Gasteiger partial charge in [-0.15, -0.1) is 0 Å². The molecule has 3 aromatic carbocycles. The Kier molecular flexibility index (Phi) is 8.67. The average Bonchev–Trinajstić information content (AvgIpc) is 3.46. The summed E-state index contributed by atoms with van der Waals surface area (Å²) in [5, 5.41) is 8.48. The number of hydrogen-bond donors (Lipinski definition) is 2. The molecule has 1 saturated heterocycles. The van der Waals surface area contributed by atoms with Gasteiger partial charge in [0.2, 0.25) is 0 Å². The van der Waals surface area contributed by atoms with E-state index in [0.717, 1.165) is 73.2 Å². The molecule has 1 aliphatic heterocycles. The monoisotopic (exact) mass is 593 g/mol. The summed E-state index contributed by atoms with van der Waals surface area (Å²) in [5.74, 6) is 7.15. The first-order chi connectivity index (χ1) is 21.0. The van der Waals surface area contributed by atoms with Crippen molar-refractivity contribution in [3.8, 4) is 11.8 Å². The van der Waals surface area contributed by atoms with Crippen LogP contribution in [-0.4, -0.2) is 85.0 Å². The van der Waals surface area contributed by atoms with Crippen LogP contribution in [0.15, 0.2) is 90.2 Å². The summed E-state index contributed by atoms with van der Waals surface area (Å²) in [7, 11) is -1.51. The summed E-state index contributed by atoms with van der Waals surface area (Å²) in [6.07, 6.45) is 4.24. The van der Waals surface area contributed by atoms with Gasteiger partial charge in [0.15, 0.2) is 0 Å². The lowest BCUT2D eigenvalue weighted by atomic mass is 10.1. The number of aromatic nitrogens is 3. The number of rotatable bonds is 9. The first-order valence-corrected chi connectivity index (χ1v) is 16.0. The van der Waals surface area contributed by atoms with Gasteiger partial charge in [0, 0.05) is 54.4 Å². The topological polar surface area (TPSA) is 95.4 Å². The molecule has 43 heavy (non-hydrogen) atoms. The third-order valence-corrected chi connectivity index (χ3v) is 9.43. The average molecular weight is 594 g/mol. The third kappa shape index (κ3) is 6.71. The smallest absolute Gasteiger partial charge is 0.268 e. The van der Waals surface area contributed by atoms with Gasteiger partial charge in [0.1, 0.15) is 12.1 Å². The van der Waals surface area contributed by atoms with Crippen molar-refractivity contribution in [2.45, 2.75) is 11.3 Å². The summed E-state index contributed by atoms with van der Waals surface area (Å²) in [6.45, 7) is 7.32. The van der Waals surface area contributed by atoms with Crippen LogP contribution in [-0.2, 0) is 10.0 Å². The van der Waals surface area contributed by atoms with E-state index in [1.165, 1.54) is 10.3 Å². The molecular formula is C33H35N7O2S. The molecule has 2 aromatic heterocycles. The van der Waals surface area contributed by atoms with E-state index < -0.39 is 10.0 Å². The largest absolute Gasteiger partial charge is 0.340 e. The van der Waals surface area contributed by atoms with Crippen LogP contribution in [0.4, 0.5) is 11.5 Å². The summed E-state index contributed by atoms with van der Waals surface area (Å²) >= 11 is 0. The summed E-state index contributed by atoms with van der Waals surface area (Å²) in [5.41, 5.74) is 3.10. The lowest BCUT2D eigenvalue weighted by molar-refractivity contribution is 0.153. The van der Waals surface area contributed by atoms with Crippen molar-refractivity contribution in [2.75, 3.05) is 58.2 Å². The highest BCUT2D eigenvalue weighted by Crippen LogP contribution is 2.28. The lowest BCUT2D eigenvalue weighted by Gasteiger charge is -2.32. The van der Waals surface area contributed by atoms with Crippen molar-refractivity contribution in [1.29, 1.82) is 0 Å². The zero-order chi connectivity index (χ0) is 29.6. The minimum Gasteiger partial charge on any atom is -0.340 e. The van der Waals surface area contributed by atoms with Crippen molar-refractivity contribution in [2.24, 2.45) is 0 Å². The molecule has 0 unspecified atom stereocenters. The van der Waals surface area contributed by atoms with Crippen molar-refractivity contribution >= 4 is 43.3 Å². The SMILES string of the molecule is CN1CCN(CCCNCC#Cc2ccc3ncnc(Nc4ccc5c(ccn5S(=O)(=O)c5ccccc5)c4)c3c2)CC1. The van der Waals surface area contributed by atoms with Gasteiger partial charge >= 0.3 is 0 Å². The summed E-state index contributed by atoms with van der Waals surface area (Å²) in [4.78, 5) is 14.1. The number of piperazine rings is 1. The fourth-order valence-corrected chi connectivity index (χ4v) is 6.65. The Labute approximate surface area is 252 Å². The first-order valence-electron chi connectivity index (χ1n) is 14.5. The molecule has 1 aliphatic rings. The van der Waals surface area contributed by atoms with Crippen LogP contribution in [0.5, 0.6) is 0 Å². The maximum atomic E-state index is 13.2. The van der Waals surface area contributed by atoms with Crippen molar-refractivity contribution < 1.29 is 8.42 Å². The maximum Gasteiger partial charge on any atom is 0.268 e. The minimum atomic E-state index is -3.69. The predicted molar refractivity (Wildman–Crippen MR) is 172 cm³/mol. The van der Waals surface area contributed by atoms with Crippen LogP contribution in [0, 0.1) is 11.8 Å². The zero-order valence-corrected chi connectivity index (χ0v) is 25.0. The van der Waals surface area contributed by atoms with Crippen LogP contribution in [0.25, 0.3) is 21.8 Å². The Morgan fingerprint density at radius 3 is 2.60 bits per heavy atom. The highest BCUT2D eigenvalue weighted by atomic mass is 32.2. The van der Waals surface area contributed by atoms with Gasteiger partial charge in [-0.25, -0.2) is 22.4 Å². The second kappa shape index (κ2) is 12.9. The van der Waals surface area contributed by atoms with E-state index in [0.29, 0.717) is 17.9 Å². The molecule has 1 fully saturated rings. The van der Waals surface area contributed by atoms with E-state index in [2.05, 4.69) is 49.3 Å². The van der Waals surface area contributed by atoms with Gasteiger partial charge in [-0.2, -0.15) is 0 Å². The Morgan fingerprint density at radius 2 is 1.77 bits per heavy atom. The van der Waals surface area contributed by atoms with Gasteiger partial charge < -0.3 is 20.4 Å². The number of hydrogen-bond acceptors (Lipinski definition) is 8. The molecule has 0 spiro atoms. The second-order valence-corrected chi connectivity index (χ2v) is 12.6. The molecule has 0 aliphatic carbocycles. The molecule has 220 valence electrons. The molecule has 6 rings (SSSR count). The molecule has 9 nitrogen and oxygen atoms in total. The van der Waals surface area contributed by atoms with E-state index >= 15 is 0 Å². The van der Waals surface area contributed by atoms with Gasteiger partial charge in [0.25, 0.3) is 10.0 Å². The quantitative estimate of drug-likeness (QED) is 0.195. The van der Waals surface area contributed by atoms with Gasteiger partial charge in [-0.05, 0) is 81.2 Å². The maximum absolute atomic E-state index is 13.2. The fourth-order valence-electron chi connectivity index (χ4n) is 5.28. The second-order valence-electron chi connectivity index (χ2n) is 10.8. The Morgan fingerprint density at radius 1 is 0.930 bits per heavy atom. The first kappa shape index (κ1) is 28.8. The van der Waals surface area contributed by atoms with E-state index in [1.807, 2.05) is 30.3 Å². The summed E-state index contributed by atoms with van der Waals surface area (Å²) < 4.78 is 27.7. The number of anilines is 2. The number of fused-ring (bicyclic) bond motifs is 2. The fraction of sp³-hybridized carbons (Fsp3) is 0.273. The molecule has 3 heterocycles. The predicted octanol–water partition coefficient (Wildman–Crippen LogP) is 4.14. The van der Waals surface area contributed by atoms with E-state index in [9.17, 15) is 8.42 Å². The number of nitrogens with zero attached hydrogens (tertiary/aromatic N) is 5. The molecule has 0 amide bonds. The van der Waals surface area contributed by atoms with Crippen molar-refractivity contribution in [1.82, 2.24) is 29.1 Å². The Hall–Kier alpha value is -4.27. The molecule has 0 radical (unpaired) electrons. The van der Waals surface area contributed by atoms with Gasteiger partial charge in [0.05, 0.1) is 22.5 Å². The molecule has 2 N–H and O–H groups in total. The highest BCUT2D eigenvalue weighted by molar-refractivity contribution is 7.90. The van der Waals surface area contributed by atoms with E-state index in [1.54, 1.807) is 48.7 Å². The minimum absolute atomic E-state index is 0.248. The van der Waals surface area contributed by atoms with Crippen LogP contribution >= 0.6 is 0 Å². The summed E-state index contributed by atoms with van der Waals surface area (Å²) in [6, 6.07) is 21.7. The van der Waals surface area contributed by atoms with Crippen LogP contribution < -0.4 is 10.6 Å². The number of nitrogens with one attached hydrogen (secondary N) is 2. The third-order valence-electron chi connectivity index (χ3n) is 7.72. The molecule has 0 bridgehead atoms. The van der Waals surface area contributed by atoms with E-state index in [4.69, 9.17) is 0 Å². The molecular weight excluding hydrogens is 558 g/mol. The van der Waals surface area contributed by atoms with Gasteiger partial charge in [-0.1, -0.05) is 30.0 Å². The molecule has 10 heteroatoms. The molecule has 0 saturated carbocycles. The van der Waals surface area contributed by atoms with Crippen LogP contribution in [0.3, 0.4) is 0 Å². The van der Waals surface area contributed by atoms with Crippen molar-refractivity contribution in [3.05, 3.63) is 90.9 Å². The highest BCUT2D eigenvalue weighted by Gasteiger charge is 2.19. The van der Waals surface area contributed by atoms with Crippen LogP contribution in [0.2, 0.25) is 0 Å². The van der Waals surface area contributed by atoms with Crippen molar-refractivity contribution in [3.63, 3.8) is 0 Å². The standard InChI is InChI=1S/C33H35N7O2S/c1-38-19-21-39(22-20-38)17-6-16-34-15-5-7-26-10-12-31-30(23-26)33(36-25-35-31)37-28-11-13-32-27(24-28)14-18-40(32)43(41,42)29-8-3-2-4-9-29/h2-4,8-14,18,23-25,34H,6,15-17,19-22H2,1H3,(H,35,36,37). The lowest BCUT2D eigenvalue weighted by Crippen LogP contribution is -2.45. The normalized spacial score (nSPS) is 14.5. The Bertz CT molecular complexity index is 1890. The molecule has 5 aromatic rings. The Balaban J connectivity index is 1.11. The number of likely N-dealkylation sites (N-methyl/N-ethyl adjacent to an activating group) is 1.